The monoisotopic (exact) mass is 431 g/mol. The number of aliphatic hydroxyl groups excluding tert-OH is 1. The van der Waals surface area contributed by atoms with E-state index in [2.05, 4.69) is 0 Å². The van der Waals surface area contributed by atoms with E-state index in [0.29, 0.717) is 29.4 Å². The maximum Gasteiger partial charge on any atom is 0.300 e. The van der Waals surface area contributed by atoms with Gasteiger partial charge in [0.05, 0.1) is 18.4 Å². The Morgan fingerprint density at radius 3 is 2.56 bits per heavy atom. The normalized spacial score (nSPS) is 17.7. The maximum atomic E-state index is 13.2. The molecule has 0 aliphatic carbocycles. The van der Waals surface area contributed by atoms with Gasteiger partial charge in [-0.15, -0.1) is 0 Å². The summed E-state index contributed by atoms with van der Waals surface area (Å²) < 4.78 is 11.3. The fourth-order valence-electron chi connectivity index (χ4n) is 3.80. The van der Waals surface area contributed by atoms with Crippen LogP contribution in [0, 0.1) is 13.8 Å². The molecule has 1 atom stereocenters. The predicted octanol–water partition coefficient (Wildman–Crippen LogP) is 5.31. The first-order valence-electron chi connectivity index (χ1n) is 10.6. The first-order valence-corrected chi connectivity index (χ1v) is 10.6. The summed E-state index contributed by atoms with van der Waals surface area (Å²) in [6.45, 7) is 6.44. The summed E-state index contributed by atoms with van der Waals surface area (Å²) >= 11 is 0. The molecule has 32 heavy (non-hydrogen) atoms. The molecule has 1 aliphatic heterocycles. The highest BCUT2D eigenvalue weighted by Crippen LogP contribution is 2.43. The minimum atomic E-state index is -0.895. The largest absolute Gasteiger partial charge is 0.507 e. The van der Waals surface area contributed by atoms with E-state index in [-0.39, 0.29) is 11.3 Å². The van der Waals surface area contributed by atoms with Crippen LogP contribution < -0.4 is 9.64 Å². The van der Waals surface area contributed by atoms with Crippen molar-refractivity contribution in [3.8, 4) is 5.75 Å². The number of Topliss-reactive ketones (excluding diaryl/α,β-unsaturated/α-hetero) is 1. The molecule has 1 fully saturated rings. The smallest absolute Gasteiger partial charge is 0.300 e. The lowest BCUT2D eigenvalue weighted by Crippen LogP contribution is -2.29. The van der Waals surface area contributed by atoms with Crippen LogP contribution >= 0.6 is 0 Å². The number of hydrogen-bond donors (Lipinski definition) is 1. The standard InChI is InChI=1S/C26H25NO5/c1-4-12-31-20-8-5-7-19(15-20)27-23(21-9-6-13-32-21)22(25(29)26(27)30)24(28)18-11-10-16(2)17(3)14-18/h5-11,13-15,23,28H,4,12H2,1-3H3/b24-22-. The van der Waals surface area contributed by atoms with Gasteiger partial charge in [0.1, 0.15) is 23.3 Å². The number of ketones is 1. The summed E-state index contributed by atoms with van der Waals surface area (Å²) in [6.07, 6.45) is 2.32. The molecular weight excluding hydrogens is 406 g/mol. The molecule has 1 aliphatic rings. The van der Waals surface area contributed by atoms with Crippen LogP contribution in [0.4, 0.5) is 5.69 Å². The Morgan fingerprint density at radius 1 is 1.06 bits per heavy atom. The number of nitrogens with zero attached hydrogens (tertiary/aromatic N) is 1. The Balaban J connectivity index is 1.86. The molecule has 0 radical (unpaired) electrons. The molecular formula is C26H25NO5. The zero-order valence-corrected chi connectivity index (χ0v) is 18.3. The topological polar surface area (TPSA) is 80.0 Å². The highest BCUT2D eigenvalue weighted by molar-refractivity contribution is 6.51. The van der Waals surface area contributed by atoms with Gasteiger partial charge in [0.15, 0.2) is 0 Å². The Morgan fingerprint density at radius 2 is 1.88 bits per heavy atom. The van der Waals surface area contributed by atoms with Gasteiger partial charge in [0, 0.05) is 17.3 Å². The number of carbonyl (C=O) groups is 2. The SMILES string of the molecule is CCCOc1cccc(N2C(=O)C(=O)/C(=C(\O)c3ccc(C)c(C)c3)C2c2ccco2)c1. The molecule has 0 bridgehead atoms. The predicted molar refractivity (Wildman–Crippen MR) is 122 cm³/mol. The van der Waals surface area contributed by atoms with Crippen molar-refractivity contribution in [3.05, 3.63) is 88.9 Å². The molecule has 0 saturated carbocycles. The summed E-state index contributed by atoms with van der Waals surface area (Å²) in [7, 11) is 0. The van der Waals surface area contributed by atoms with Gasteiger partial charge < -0.3 is 14.3 Å². The van der Waals surface area contributed by atoms with Crippen LogP contribution in [0.15, 0.2) is 70.9 Å². The van der Waals surface area contributed by atoms with E-state index in [4.69, 9.17) is 9.15 Å². The number of benzene rings is 2. The molecule has 3 aromatic rings. The van der Waals surface area contributed by atoms with Crippen molar-refractivity contribution in [2.75, 3.05) is 11.5 Å². The summed E-state index contributed by atoms with van der Waals surface area (Å²) in [5.41, 5.74) is 2.99. The lowest BCUT2D eigenvalue weighted by Gasteiger charge is -2.24. The molecule has 1 N–H and O–H groups in total. The number of amides is 1. The molecule has 6 heteroatoms. The second-order valence-electron chi connectivity index (χ2n) is 7.83. The molecule has 164 valence electrons. The summed E-state index contributed by atoms with van der Waals surface area (Å²) in [5, 5.41) is 11.1. The molecule has 6 nitrogen and oxygen atoms in total. The Kier molecular flexibility index (Phi) is 5.86. The van der Waals surface area contributed by atoms with E-state index in [1.807, 2.05) is 26.8 Å². The minimum Gasteiger partial charge on any atom is -0.507 e. The van der Waals surface area contributed by atoms with E-state index in [9.17, 15) is 14.7 Å². The van der Waals surface area contributed by atoms with E-state index >= 15 is 0 Å². The summed E-state index contributed by atoms with van der Waals surface area (Å²) in [5.74, 6) is -0.742. The number of carbonyl (C=O) groups excluding carboxylic acids is 2. The van der Waals surface area contributed by atoms with Gasteiger partial charge in [-0.05, 0) is 61.7 Å². The number of furan rings is 1. The van der Waals surface area contributed by atoms with E-state index in [1.165, 1.54) is 11.2 Å². The number of hydrogen-bond acceptors (Lipinski definition) is 5. The lowest BCUT2D eigenvalue weighted by molar-refractivity contribution is -0.132. The van der Waals surface area contributed by atoms with Gasteiger partial charge >= 0.3 is 0 Å². The van der Waals surface area contributed by atoms with Crippen LogP contribution in [0.25, 0.3) is 5.76 Å². The van der Waals surface area contributed by atoms with Crippen molar-refractivity contribution >= 4 is 23.1 Å². The van der Waals surface area contributed by atoms with Gasteiger partial charge in [-0.3, -0.25) is 14.5 Å². The number of aryl methyl sites for hydroxylation is 2. The average molecular weight is 431 g/mol. The van der Waals surface area contributed by atoms with Crippen LogP contribution in [0.3, 0.4) is 0 Å². The van der Waals surface area contributed by atoms with Gasteiger partial charge in [-0.25, -0.2) is 0 Å². The average Bonchev–Trinajstić information content (AvgIpc) is 3.41. The zero-order valence-electron chi connectivity index (χ0n) is 18.3. The first-order chi connectivity index (χ1) is 15.4. The second kappa shape index (κ2) is 8.75. The Bertz CT molecular complexity index is 1190. The van der Waals surface area contributed by atoms with Gasteiger partial charge in [0.25, 0.3) is 11.7 Å². The maximum absolute atomic E-state index is 13.2. The first kappa shape index (κ1) is 21.4. The highest BCUT2D eigenvalue weighted by atomic mass is 16.5. The summed E-state index contributed by atoms with van der Waals surface area (Å²) in [4.78, 5) is 27.6. The third-order valence-corrected chi connectivity index (χ3v) is 5.61. The van der Waals surface area contributed by atoms with Crippen LogP contribution in [-0.4, -0.2) is 23.4 Å². The van der Waals surface area contributed by atoms with Crippen LogP contribution in [-0.2, 0) is 9.59 Å². The number of ether oxygens (including phenoxy) is 1. The van der Waals surface area contributed by atoms with Crippen molar-refractivity contribution in [3.63, 3.8) is 0 Å². The Labute approximate surface area is 186 Å². The molecule has 1 unspecified atom stereocenters. The molecule has 1 saturated heterocycles. The van der Waals surface area contributed by atoms with Gasteiger partial charge in [-0.2, -0.15) is 0 Å². The minimum absolute atomic E-state index is 0.00640. The Hall–Kier alpha value is -3.80. The lowest BCUT2D eigenvalue weighted by atomic mass is 9.97. The van der Waals surface area contributed by atoms with Crippen molar-refractivity contribution in [2.45, 2.75) is 33.2 Å². The second-order valence-corrected chi connectivity index (χ2v) is 7.83. The molecule has 2 aromatic carbocycles. The molecule has 1 aromatic heterocycles. The van der Waals surface area contributed by atoms with E-state index in [0.717, 1.165) is 17.5 Å². The zero-order chi connectivity index (χ0) is 22.8. The molecule has 4 rings (SSSR count). The van der Waals surface area contributed by atoms with Crippen LogP contribution in [0.2, 0.25) is 0 Å². The molecule has 1 amide bonds. The molecule has 0 spiro atoms. The fraction of sp³-hybridized carbons (Fsp3) is 0.231. The van der Waals surface area contributed by atoms with Crippen LogP contribution in [0.1, 0.15) is 41.8 Å². The summed E-state index contributed by atoms with van der Waals surface area (Å²) in [6, 6.07) is 14.9. The number of rotatable bonds is 6. The van der Waals surface area contributed by atoms with Crippen molar-refractivity contribution < 1.29 is 23.8 Å². The van der Waals surface area contributed by atoms with Crippen molar-refractivity contribution in [2.24, 2.45) is 0 Å². The van der Waals surface area contributed by atoms with Crippen molar-refractivity contribution in [1.29, 1.82) is 0 Å². The van der Waals surface area contributed by atoms with Crippen molar-refractivity contribution in [1.82, 2.24) is 0 Å². The third kappa shape index (κ3) is 3.80. The highest BCUT2D eigenvalue weighted by Gasteiger charge is 2.48. The van der Waals surface area contributed by atoms with E-state index in [1.54, 1.807) is 48.5 Å². The molecule has 2 heterocycles. The van der Waals surface area contributed by atoms with Crippen LogP contribution in [0.5, 0.6) is 5.75 Å². The fourth-order valence-corrected chi connectivity index (χ4v) is 3.80. The van der Waals surface area contributed by atoms with E-state index < -0.39 is 17.7 Å². The third-order valence-electron chi connectivity index (χ3n) is 5.61. The van der Waals surface area contributed by atoms with Gasteiger partial charge in [0.2, 0.25) is 0 Å². The number of aliphatic hydroxyl groups is 1. The van der Waals surface area contributed by atoms with Gasteiger partial charge in [-0.1, -0.05) is 25.1 Å². The quantitative estimate of drug-likeness (QED) is 0.325. The number of anilines is 1.